The van der Waals surface area contributed by atoms with Gasteiger partial charge in [-0.25, -0.2) is 0 Å². The number of anilines is 1. The van der Waals surface area contributed by atoms with E-state index in [4.69, 9.17) is 9.47 Å². The minimum Gasteiger partial charge on any atom is -0.454 e. The maximum absolute atomic E-state index is 12.3. The van der Waals surface area contributed by atoms with Crippen LogP contribution < -0.4 is 14.8 Å². The van der Waals surface area contributed by atoms with E-state index in [1.54, 1.807) is 12.1 Å². The van der Waals surface area contributed by atoms with E-state index in [0.29, 0.717) is 11.5 Å². The zero-order valence-corrected chi connectivity index (χ0v) is 11.3. The minimum atomic E-state index is -0.00803. The van der Waals surface area contributed by atoms with Crippen molar-refractivity contribution in [2.24, 2.45) is 11.8 Å². The fraction of sp³-hybridized carbons (Fsp3) is 0.533. The van der Waals surface area contributed by atoms with Gasteiger partial charge >= 0.3 is 0 Å². The summed E-state index contributed by atoms with van der Waals surface area (Å²) in [6.07, 6.45) is 3.69. The van der Waals surface area contributed by atoms with Crippen LogP contribution in [0.3, 0.4) is 0 Å². The summed E-state index contributed by atoms with van der Waals surface area (Å²) in [7, 11) is 0. The van der Waals surface area contributed by atoms with E-state index in [2.05, 4.69) is 5.32 Å². The second-order valence-corrected chi connectivity index (χ2v) is 5.47. The molecule has 2 atom stereocenters. The number of hydrogen-bond donors (Lipinski definition) is 2. The molecule has 0 radical (unpaired) electrons. The molecule has 1 amide bonds. The van der Waals surface area contributed by atoms with Crippen molar-refractivity contribution in [2.45, 2.75) is 25.7 Å². The van der Waals surface area contributed by atoms with Crippen molar-refractivity contribution >= 4 is 11.6 Å². The lowest BCUT2D eigenvalue weighted by Crippen LogP contribution is -2.29. The van der Waals surface area contributed by atoms with E-state index in [0.717, 1.165) is 31.4 Å². The van der Waals surface area contributed by atoms with Gasteiger partial charge in [0.2, 0.25) is 12.7 Å². The molecule has 1 aliphatic heterocycles. The molecule has 0 saturated heterocycles. The molecule has 1 aromatic rings. The summed E-state index contributed by atoms with van der Waals surface area (Å²) in [5.74, 6) is 1.66. The summed E-state index contributed by atoms with van der Waals surface area (Å²) in [5, 5.41) is 12.2. The molecule has 0 bridgehead atoms. The Bertz CT molecular complexity index is 503. The molecule has 108 valence electrons. The Labute approximate surface area is 117 Å². The molecule has 2 aliphatic rings. The second kappa shape index (κ2) is 5.71. The van der Waals surface area contributed by atoms with E-state index < -0.39 is 0 Å². The number of nitrogens with one attached hydrogen (secondary N) is 1. The zero-order chi connectivity index (χ0) is 13.9. The molecule has 2 N–H and O–H groups in total. The van der Waals surface area contributed by atoms with E-state index in [1.807, 2.05) is 6.07 Å². The number of hydrogen-bond acceptors (Lipinski definition) is 4. The Morgan fingerprint density at radius 1 is 1.30 bits per heavy atom. The fourth-order valence-electron chi connectivity index (χ4n) is 2.91. The van der Waals surface area contributed by atoms with Gasteiger partial charge < -0.3 is 19.9 Å². The number of carbonyl (C=O) groups excluding carboxylic acids is 1. The van der Waals surface area contributed by atoms with Gasteiger partial charge in [0, 0.05) is 24.3 Å². The second-order valence-electron chi connectivity index (χ2n) is 5.47. The van der Waals surface area contributed by atoms with Crippen LogP contribution in [-0.4, -0.2) is 24.4 Å². The van der Waals surface area contributed by atoms with Crippen molar-refractivity contribution in [3.63, 3.8) is 0 Å². The Kier molecular flexibility index (Phi) is 3.78. The molecule has 1 aliphatic carbocycles. The van der Waals surface area contributed by atoms with Gasteiger partial charge in [0.25, 0.3) is 0 Å². The van der Waals surface area contributed by atoms with Crippen molar-refractivity contribution in [3.05, 3.63) is 18.2 Å². The van der Waals surface area contributed by atoms with Gasteiger partial charge in [-0.2, -0.15) is 0 Å². The first-order chi connectivity index (χ1) is 9.76. The summed E-state index contributed by atoms with van der Waals surface area (Å²) in [6.45, 7) is 0.404. The third kappa shape index (κ3) is 2.72. The number of rotatable bonds is 3. The number of aliphatic hydroxyl groups excluding tert-OH is 1. The SMILES string of the molecule is O=C(Nc1ccc2c(c1)OCO2)[C@@H]1CCC[C@H](CO)C1. The van der Waals surface area contributed by atoms with Crippen molar-refractivity contribution in [3.8, 4) is 11.5 Å². The van der Waals surface area contributed by atoms with Gasteiger partial charge in [-0.05, 0) is 37.3 Å². The smallest absolute Gasteiger partial charge is 0.231 e. The molecule has 1 aromatic carbocycles. The maximum Gasteiger partial charge on any atom is 0.231 e. The highest BCUT2D eigenvalue weighted by molar-refractivity contribution is 5.93. The molecular formula is C15H19NO4. The van der Waals surface area contributed by atoms with E-state index >= 15 is 0 Å². The van der Waals surface area contributed by atoms with E-state index in [1.165, 1.54) is 0 Å². The highest BCUT2D eigenvalue weighted by Crippen LogP contribution is 2.35. The van der Waals surface area contributed by atoms with Crippen LogP contribution in [-0.2, 0) is 4.79 Å². The molecule has 1 saturated carbocycles. The third-order valence-corrected chi connectivity index (χ3v) is 4.05. The number of aliphatic hydroxyl groups is 1. The minimum absolute atomic E-state index is 0.00803. The lowest BCUT2D eigenvalue weighted by Gasteiger charge is -2.27. The van der Waals surface area contributed by atoms with Crippen LogP contribution in [0.15, 0.2) is 18.2 Å². The summed E-state index contributed by atoms with van der Waals surface area (Å²) in [5.41, 5.74) is 0.727. The lowest BCUT2D eigenvalue weighted by atomic mass is 9.81. The van der Waals surface area contributed by atoms with Crippen LogP contribution in [0.2, 0.25) is 0 Å². The van der Waals surface area contributed by atoms with Crippen molar-refractivity contribution in [1.29, 1.82) is 0 Å². The van der Waals surface area contributed by atoms with Gasteiger partial charge in [-0.3, -0.25) is 4.79 Å². The summed E-state index contributed by atoms with van der Waals surface area (Å²) in [4.78, 5) is 12.3. The summed E-state index contributed by atoms with van der Waals surface area (Å²) in [6, 6.07) is 5.40. The van der Waals surface area contributed by atoms with Crippen molar-refractivity contribution < 1.29 is 19.4 Å². The predicted octanol–water partition coefficient (Wildman–Crippen LogP) is 2.15. The molecule has 5 nitrogen and oxygen atoms in total. The number of benzene rings is 1. The van der Waals surface area contributed by atoms with Crippen LogP contribution in [0, 0.1) is 11.8 Å². The Morgan fingerprint density at radius 3 is 3.00 bits per heavy atom. The first kappa shape index (κ1) is 13.2. The topological polar surface area (TPSA) is 67.8 Å². The summed E-state index contributed by atoms with van der Waals surface area (Å²) >= 11 is 0. The number of ether oxygens (including phenoxy) is 2. The maximum atomic E-state index is 12.3. The highest BCUT2D eigenvalue weighted by atomic mass is 16.7. The molecule has 5 heteroatoms. The third-order valence-electron chi connectivity index (χ3n) is 4.05. The van der Waals surface area contributed by atoms with E-state index in [-0.39, 0.29) is 31.1 Å². The molecule has 3 rings (SSSR count). The largest absolute Gasteiger partial charge is 0.454 e. The first-order valence-corrected chi connectivity index (χ1v) is 7.07. The molecule has 1 fully saturated rings. The normalized spacial score (nSPS) is 24.4. The molecule has 0 spiro atoms. The quantitative estimate of drug-likeness (QED) is 0.888. The monoisotopic (exact) mass is 277 g/mol. The molecular weight excluding hydrogens is 258 g/mol. The number of amides is 1. The molecule has 20 heavy (non-hydrogen) atoms. The van der Waals surface area contributed by atoms with Gasteiger partial charge in [0.15, 0.2) is 11.5 Å². The molecule has 1 heterocycles. The van der Waals surface area contributed by atoms with Crippen LogP contribution in [0.5, 0.6) is 11.5 Å². The van der Waals surface area contributed by atoms with Crippen LogP contribution in [0.25, 0.3) is 0 Å². The van der Waals surface area contributed by atoms with Crippen LogP contribution in [0.1, 0.15) is 25.7 Å². The average Bonchev–Trinajstić information content (AvgIpc) is 2.95. The van der Waals surface area contributed by atoms with Gasteiger partial charge in [0.05, 0.1) is 0 Å². The Morgan fingerprint density at radius 2 is 2.15 bits per heavy atom. The Hall–Kier alpha value is -1.75. The summed E-state index contributed by atoms with van der Waals surface area (Å²) < 4.78 is 10.5. The fourth-order valence-corrected chi connectivity index (χ4v) is 2.91. The van der Waals surface area contributed by atoms with Gasteiger partial charge in [0.1, 0.15) is 0 Å². The highest BCUT2D eigenvalue weighted by Gasteiger charge is 2.27. The van der Waals surface area contributed by atoms with Crippen molar-refractivity contribution in [1.82, 2.24) is 0 Å². The van der Waals surface area contributed by atoms with Crippen LogP contribution >= 0.6 is 0 Å². The zero-order valence-electron chi connectivity index (χ0n) is 11.3. The molecule has 0 unspecified atom stereocenters. The number of carbonyl (C=O) groups is 1. The average molecular weight is 277 g/mol. The van der Waals surface area contributed by atoms with Gasteiger partial charge in [-0.15, -0.1) is 0 Å². The standard InChI is InChI=1S/C15H19NO4/c17-8-10-2-1-3-11(6-10)15(18)16-12-4-5-13-14(7-12)20-9-19-13/h4-5,7,10-11,17H,1-3,6,8-9H2,(H,16,18)/t10-,11+/m0/s1. The van der Waals surface area contributed by atoms with E-state index in [9.17, 15) is 9.90 Å². The Balaban J connectivity index is 1.63. The first-order valence-electron chi connectivity index (χ1n) is 7.07. The predicted molar refractivity (Wildman–Crippen MR) is 73.7 cm³/mol. The lowest BCUT2D eigenvalue weighted by molar-refractivity contribution is -0.121. The molecule has 0 aromatic heterocycles. The van der Waals surface area contributed by atoms with Gasteiger partial charge in [-0.1, -0.05) is 6.42 Å². The number of fused-ring (bicyclic) bond motifs is 1. The van der Waals surface area contributed by atoms with Crippen molar-refractivity contribution in [2.75, 3.05) is 18.7 Å². The van der Waals surface area contributed by atoms with Crippen LogP contribution in [0.4, 0.5) is 5.69 Å².